The highest BCUT2D eigenvalue weighted by Crippen LogP contribution is 2.29. The van der Waals surface area contributed by atoms with Gasteiger partial charge in [0.2, 0.25) is 5.91 Å². The van der Waals surface area contributed by atoms with E-state index in [1.165, 1.54) is 24.7 Å². The first-order chi connectivity index (χ1) is 13.7. The zero-order chi connectivity index (χ0) is 21.3. The van der Waals surface area contributed by atoms with E-state index in [9.17, 15) is 24.3 Å². The Bertz CT molecular complexity index is 1120. The zero-order valence-electron chi connectivity index (χ0n) is 15.9. The summed E-state index contributed by atoms with van der Waals surface area (Å²) in [4.78, 5) is 52.9. The van der Waals surface area contributed by atoms with Gasteiger partial charge in [-0.05, 0) is 18.1 Å². The summed E-state index contributed by atoms with van der Waals surface area (Å²) in [5.74, 6) is -2.79. The fraction of sp³-hybridized carbons (Fsp3) is 0.316. The van der Waals surface area contributed by atoms with Crippen LogP contribution in [0.2, 0.25) is 0 Å². The second-order valence-corrected chi connectivity index (χ2v) is 6.70. The van der Waals surface area contributed by atoms with Crippen molar-refractivity contribution in [2.45, 2.75) is 13.3 Å². The van der Waals surface area contributed by atoms with Crippen molar-refractivity contribution in [2.24, 2.45) is 7.05 Å². The highest BCUT2D eigenvalue weighted by atomic mass is 16.4. The molecule has 2 aromatic rings. The van der Waals surface area contributed by atoms with E-state index in [1.54, 1.807) is 11.0 Å². The summed E-state index contributed by atoms with van der Waals surface area (Å²) in [6.45, 7) is 1.82. The average Bonchev–Trinajstić information content (AvgIpc) is 2.70. The molecule has 0 bridgehead atoms. The van der Waals surface area contributed by atoms with Crippen LogP contribution in [0.5, 0.6) is 5.75 Å². The van der Waals surface area contributed by atoms with Crippen LogP contribution < -0.4 is 10.9 Å². The third-order valence-corrected chi connectivity index (χ3v) is 4.87. The van der Waals surface area contributed by atoms with Crippen LogP contribution in [0.1, 0.15) is 29.4 Å². The summed E-state index contributed by atoms with van der Waals surface area (Å²) in [6, 6.07) is 1.58. The average molecular weight is 400 g/mol. The van der Waals surface area contributed by atoms with E-state index in [-0.39, 0.29) is 11.3 Å². The number of fused-ring (bicyclic) bond motifs is 1. The quantitative estimate of drug-likeness (QED) is 0.660. The van der Waals surface area contributed by atoms with E-state index >= 15 is 0 Å². The highest BCUT2D eigenvalue weighted by molar-refractivity contribution is 6.03. The van der Waals surface area contributed by atoms with Gasteiger partial charge in [-0.2, -0.15) is 0 Å². The molecule has 2 aromatic heterocycles. The maximum absolute atomic E-state index is 12.5. The number of hydrogen-bond acceptors (Lipinski definition) is 6. The van der Waals surface area contributed by atoms with Gasteiger partial charge in [0, 0.05) is 32.4 Å². The Kier molecular flexibility index (Phi) is 5.35. The summed E-state index contributed by atoms with van der Waals surface area (Å²) in [5, 5.41) is 21.6. The molecule has 3 heterocycles. The third kappa shape index (κ3) is 3.82. The van der Waals surface area contributed by atoms with Crippen molar-refractivity contribution in [1.82, 2.24) is 19.8 Å². The monoisotopic (exact) mass is 400 g/mol. The molecule has 3 rings (SSSR count). The summed E-state index contributed by atoms with van der Waals surface area (Å²) in [6.07, 6.45) is 3.89. The minimum Gasteiger partial charge on any atom is -0.506 e. The number of amides is 2. The molecule has 0 radical (unpaired) electrons. The van der Waals surface area contributed by atoms with Crippen LogP contribution in [0, 0.1) is 0 Å². The fourth-order valence-electron chi connectivity index (χ4n) is 3.23. The normalized spacial score (nSPS) is 13.9. The van der Waals surface area contributed by atoms with Gasteiger partial charge < -0.3 is 25.0 Å². The number of hydrogen-bond donors (Lipinski definition) is 3. The topological polar surface area (TPSA) is 142 Å². The highest BCUT2D eigenvalue weighted by Gasteiger charge is 2.23. The number of nitrogens with one attached hydrogen (secondary N) is 1. The fourth-order valence-corrected chi connectivity index (χ4v) is 3.23. The summed E-state index contributed by atoms with van der Waals surface area (Å²) in [5.41, 5.74) is 0.481. The van der Waals surface area contributed by atoms with E-state index in [0.29, 0.717) is 30.7 Å². The Morgan fingerprint density at radius 3 is 2.62 bits per heavy atom. The smallest absolute Gasteiger partial charge is 0.322 e. The molecule has 0 saturated heterocycles. The molecule has 0 unspecified atom stereocenters. The van der Waals surface area contributed by atoms with E-state index in [2.05, 4.69) is 10.3 Å². The number of nitrogens with zero attached hydrogens (tertiary/aromatic N) is 3. The molecule has 0 fully saturated rings. The lowest BCUT2D eigenvalue weighted by Gasteiger charge is -2.25. The van der Waals surface area contributed by atoms with Crippen LogP contribution in [-0.2, 0) is 16.6 Å². The molecule has 3 N–H and O–H groups in total. The van der Waals surface area contributed by atoms with Gasteiger partial charge >= 0.3 is 5.97 Å². The third-order valence-electron chi connectivity index (χ3n) is 4.87. The SMILES string of the molecule is CC(=O)N1CC=C(c2cc3c(O)c(C(=O)NCC(=O)O)c(=O)n(C)c3cn2)CC1. The van der Waals surface area contributed by atoms with Gasteiger partial charge in [0.05, 0.1) is 17.4 Å². The number of carboxylic acids is 1. The maximum Gasteiger partial charge on any atom is 0.322 e. The van der Waals surface area contributed by atoms with Crippen molar-refractivity contribution in [3.05, 3.63) is 40.0 Å². The van der Waals surface area contributed by atoms with Crippen molar-refractivity contribution in [1.29, 1.82) is 0 Å². The van der Waals surface area contributed by atoms with E-state index < -0.39 is 35.3 Å². The van der Waals surface area contributed by atoms with Crippen molar-refractivity contribution in [3.63, 3.8) is 0 Å². The van der Waals surface area contributed by atoms with Gasteiger partial charge in [0.15, 0.2) is 0 Å². The molecule has 2 amide bonds. The van der Waals surface area contributed by atoms with Gasteiger partial charge in [-0.15, -0.1) is 0 Å². The van der Waals surface area contributed by atoms with Crippen LogP contribution in [0.3, 0.4) is 0 Å². The van der Waals surface area contributed by atoms with Crippen LogP contribution in [0.4, 0.5) is 0 Å². The zero-order valence-corrected chi connectivity index (χ0v) is 15.9. The second kappa shape index (κ2) is 7.74. The first-order valence-electron chi connectivity index (χ1n) is 8.87. The van der Waals surface area contributed by atoms with Crippen LogP contribution in [-0.4, -0.2) is 62.1 Å². The van der Waals surface area contributed by atoms with Crippen LogP contribution >= 0.6 is 0 Å². The Morgan fingerprint density at radius 1 is 1.31 bits per heavy atom. The Labute approximate surface area is 165 Å². The van der Waals surface area contributed by atoms with Crippen LogP contribution in [0.15, 0.2) is 23.1 Å². The van der Waals surface area contributed by atoms with Crippen molar-refractivity contribution < 1.29 is 24.6 Å². The molecule has 10 heteroatoms. The van der Waals surface area contributed by atoms with Crippen molar-refractivity contribution in [3.8, 4) is 5.75 Å². The predicted molar refractivity (Wildman–Crippen MR) is 103 cm³/mol. The molecular weight excluding hydrogens is 380 g/mol. The molecule has 152 valence electrons. The van der Waals surface area contributed by atoms with E-state index in [1.807, 2.05) is 6.08 Å². The maximum atomic E-state index is 12.5. The number of carbonyl (C=O) groups is 3. The van der Waals surface area contributed by atoms with Crippen molar-refractivity contribution >= 4 is 34.3 Å². The molecule has 1 aliphatic rings. The number of rotatable bonds is 4. The Hall–Kier alpha value is -3.69. The molecule has 0 aromatic carbocycles. The van der Waals surface area contributed by atoms with E-state index in [0.717, 1.165) is 5.57 Å². The number of aliphatic carboxylic acids is 1. The van der Waals surface area contributed by atoms with E-state index in [4.69, 9.17) is 5.11 Å². The van der Waals surface area contributed by atoms with Gasteiger partial charge in [-0.1, -0.05) is 6.08 Å². The van der Waals surface area contributed by atoms with Crippen LogP contribution in [0.25, 0.3) is 16.5 Å². The lowest BCUT2D eigenvalue weighted by Crippen LogP contribution is -2.35. The Morgan fingerprint density at radius 2 is 2.03 bits per heavy atom. The summed E-state index contributed by atoms with van der Waals surface area (Å²) in [7, 11) is 1.43. The van der Waals surface area contributed by atoms with Crippen molar-refractivity contribution in [2.75, 3.05) is 19.6 Å². The standard InChI is InChI=1S/C19H20N4O6/c1-10(24)23-5-3-11(4-6-23)13-7-12-14(8-20-13)22(2)19(29)16(17(12)27)18(28)21-9-15(25)26/h3,7-8,27H,4-6,9H2,1-2H3,(H,21,28)(H,25,26). The Balaban J connectivity index is 2.06. The van der Waals surface area contributed by atoms with Gasteiger partial charge in [0.1, 0.15) is 17.9 Å². The first-order valence-corrected chi connectivity index (χ1v) is 8.87. The molecule has 29 heavy (non-hydrogen) atoms. The molecule has 0 aliphatic carbocycles. The summed E-state index contributed by atoms with van der Waals surface area (Å²) < 4.78 is 1.17. The second-order valence-electron chi connectivity index (χ2n) is 6.70. The predicted octanol–water partition coefficient (Wildman–Crippen LogP) is 0.0891. The van der Waals surface area contributed by atoms with Gasteiger partial charge in [-0.3, -0.25) is 24.2 Å². The molecule has 10 nitrogen and oxygen atoms in total. The molecule has 1 aliphatic heterocycles. The lowest BCUT2D eigenvalue weighted by molar-refractivity contribution is -0.135. The minimum atomic E-state index is -1.27. The van der Waals surface area contributed by atoms with Gasteiger partial charge in [-0.25, -0.2) is 0 Å². The molecule has 0 saturated carbocycles. The largest absolute Gasteiger partial charge is 0.506 e. The lowest BCUT2D eigenvalue weighted by atomic mass is 10.0. The first kappa shape index (κ1) is 20.1. The van der Waals surface area contributed by atoms with Gasteiger partial charge in [0.25, 0.3) is 11.5 Å². The number of aromatic hydroxyl groups is 1. The molecule has 0 spiro atoms. The summed E-state index contributed by atoms with van der Waals surface area (Å²) >= 11 is 0. The number of aromatic nitrogens is 2. The number of pyridine rings is 2. The minimum absolute atomic E-state index is 0.0172. The molecule has 0 atom stereocenters. The number of carboxylic acid groups (broad SMARTS) is 1. The molecular formula is C19H20N4O6. The number of carbonyl (C=O) groups excluding carboxylic acids is 2. The number of aryl methyl sites for hydroxylation is 1.